The van der Waals surface area contributed by atoms with Gasteiger partial charge in [0.2, 0.25) is 5.91 Å². The summed E-state index contributed by atoms with van der Waals surface area (Å²) in [6.45, 7) is 2.50. The van der Waals surface area contributed by atoms with Crippen molar-refractivity contribution in [2.75, 3.05) is 13.1 Å². The van der Waals surface area contributed by atoms with Gasteiger partial charge in [0, 0.05) is 34.6 Å². The van der Waals surface area contributed by atoms with Crippen LogP contribution in [0.1, 0.15) is 24.0 Å². The fraction of sp³-hybridized carbons (Fsp3) is 0.300. The van der Waals surface area contributed by atoms with Crippen molar-refractivity contribution in [2.45, 2.75) is 19.4 Å². The zero-order chi connectivity index (χ0) is 20.8. The highest BCUT2D eigenvalue weighted by molar-refractivity contribution is 9.10. The molecule has 0 bridgehead atoms. The van der Waals surface area contributed by atoms with Crippen LogP contribution in [0, 0.1) is 16.0 Å². The molecule has 1 amide bonds. The lowest BCUT2D eigenvalue weighted by molar-refractivity contribution is -0.384. The van der Waals surface area contributed by atoms with Crippen LogP contribution in [0.3, 0.4) is 0 Å². The van der Waals surface area contributed by atoms with Gasteiger partial charge < -0.3 is 5.11 Å². The van der Waals surface area contributed by atoms with Gasteiger partial charge in [-0.1, -0.05) is 28.1 Å². The van der Waals surface area contributed by atoms with E-state index in [1.807, 2.05) is 12.1 Å². The van der Waals surface area contributed by atoms with E-state index in [0.29, 0.717) is 0 Å². The second kappa shape index (κ2) is 9.62. The number of piperidine rings is 1. The fourth-order valence-electron chi connectivity index (χ4n) is 3.22. The van der Waals surface area contributed by atoms with Gasteiger partial charge >= 0.3 is 0 Å². The van der Waals surface area contributed by atoms with E-state index in [2.05, 4.69) is 43.5 Å². The number of non-ortho nitro benzene ring substituents is 1. The Morgan fingerprint density at radius 3 is 2.62 bits per heavy atom. The molecule has 1 aliphatic heterocycles. The molecule has 2 aromatic carbocycles. The molecule has 2 aromatic rings. The minimum Gasteiger partial charge on any atom is -0.507 e. The van der Waals surface area contributed by atoms with Gasteiger partial charge in [-0.25, -0.2) is 5.43 Å². The lowest BCUT2D eigenvalue weighted by Crippen LogP contribution is -2.39. The van der Waals surface area contributed by atoms with E-state index in [1.54, 1.807) is 0 Å². The third-order valence-corrected chi connectivity index (χ3v) is 5.41. The quantitative estimate of drug-likeness (QED) is 0.390. The van der Waals surface area contributed by atoms with Crippen molar-refractivity contribution in [1.82, 2.24) is 10.3 Å². The van der Waals surface area contributed by atoms with Gasteiger partial charge in [-0.15, -0.1) is 0 Å². The van der Waals surface area contributed by atoms with Crippen molar-refractivity contribution in [3.8, 4) is 5.75 Å². The number of nitro benzene ring substituents is 1. The van der Waals surface area contributed by atoms with Gasteiger partial charge in [0.05, 0.1) is 11.1 Å². The number of halogens is 1. The lowest BCUT2D eigenvalue weighted by atomic mass is 9.96. The second-order valence-corrected chi connectivity index (χ2v) is 7.83. The zero-order valence-electron chi connectivity index (χ0n) is 15.6. The normalized spacial score (nSPS) is 15.5. The van der Waals surface area contributed by atoms with Gasteiger partial charge in [-0.3, -0.25) is 19.8 Å². The molecule has 0 radical (unpaired) electrons. The molecular weight excluding hydrogens is 440 g/mol. The van der Waals surface area contributed by atoms with Crippen LogP contribution in [0.4, 0.5) is 5.69 Å². The van der Waals surface area contributed by atoms with E-state index in [4.69, 9.17) is 0 Å². The molecule has 0 aliphatic carbocycles. The number of nitrogens with zero attached hydrogens (tertiary/aromatic N) is 3. The van der Waals surface area contributed by atoms with Crippen molar-refractivity contribution < 1.29 is 14.8 Å². The van der Waals surface area contributed by atoms with E-state index in [9.17, 15) is 20.0 Å². The first kappa shape index (κ1) is 20.9. The Hall–Kier alpha value is -2.78. The number of carbonyl (C=O) groups is 1. The summed E-state index contributed by atoms with van der Waals surface area (Å²) in [4.78, 5) is 24.9. The number of likely N-dealkylation sites (tertiary alicyclic amines) is 1. The number of hydrazone groups is 1. The van der Waals surface area contributed by atoms with Crippen LogP contribution in [-0.2, 0) is 11.3 Å². The Labute approximate surface area is 176 Å². The molecule has 3 rings (SSSR count). The van der Waals surface area contributed by atoms with E-state index in [-0.39, 0.29) is 28.8 Å². The summed E-state index contributed by atoms with van der Waals surface area (Å²) in [6, 6.07) is 11.8. The van der Waals surface area contributed by atoms with E-state index in [1.165, 1.54) is 30.0 Å². The topological polar surface area (TPSA) is 108 Å². The highest BCUT2D eigenvalue weighted by Gasteiger charge is 2.24. The molecule has 0 saturated carbocycles. The SMILES string of the molecule is O=C(N/N=C/c1cc([N+](=O)[O-])ccc1O)C1CCN(Cc2ccc(Br)cc2)CC1. The Kier molecular flexibility index (Phi) is 6.95. The van der Waals surface area contributed by atoms with Crippen LogP contribution in [0.2, 0.25) is 0 Å². The summed E-state index contributed by atoms with van der Waals surface area (Å²) in [5.41, 5.74) is 3.72. The summed E-state index contributed by atoms with van der Waals surface area (Å²) in [6.07, 6.45) is 2.68. The molecule has 1 aliphatic rings. The van der Waals surface area contributed by atoms with Crippen molar-refractivity contribution >= 4 is 33.7 Å². The molecule has 0 unspecified atom stereocenters. The Morgan fingerprint density at radius 1 is 1.28 bits per heavy atom. The van der Waals surface area contributed by atoms with Gasteiger partial charge in [0.25, 0.3) is 5.69 Å². The molecule has 152 valence electrons. The predicted octanol–water partition coefficient (Wildman–Crippen LogP) is 3.43. The Balaban J connectivity index is 1.48. The van der Waals surface area contributed by atoms with Crippen LogP contribution in [0.5, 0.6) is 5.75 Å². The first-order chi connectivity index (χ1) is 13.9. The maximum absolute atomic E-state index is 12.3. The van der Waals surface area contributed by atoms with Crippen molar-refractivity contribution in [2.24, 2.45) is 11.0 Å². The molecule has 9 heteroatoms. The number of aromatic hydroxyl groups is 1. The average Bonchev–Trinajstić information content (AvgIpc) is 2.71. The summed E-state index contributed by atoms with van der Waals surface area (Å²) in [5.74, 6) is -0.462. The number of phenols is 1. The van der Waals surface area contributed by atoms with Gasteiger partial charge in [-0.05, 0) is 49.7 Å². The van der Waals surface area contributed by atoms with Crippen LogP contribution in [0.15, 0.2) is 52.0 Å². The van der Waals surface area contributed by atoms with Crippen LogP contribution in [0.25, 0.3) is 0 Å². The molecular formula is C20H21BrN4O4. The summed E-state index contributed by atoms with van der Waals surface area (Å²) >= 11 is 3.43. The maximum Gasteiger partial charge on any atom is 0.270 e. The highest BCUT2D eigenvalue weighted by Crippen LogP contribution is 2.22. The van der Waals surface area contributed by atoms with Crippen molar-refractivity contribution in [3.05, 3.63) is 68.2 Å². The summed E-state index contributed by atoms with van der Waals surface area (Å²) in [5, 5.41) is 24.4. The Bertz CT molecular complexity index is 909. The first-order valence-electron chi connectivity index (χ1n) is 9.19. The average molecular weight is 461 g/mol. The number of rotatable bonds is 6. The van der Waals surface area contributed by atoms with Crippen LogP contribution in [-0.4, -0.2) is 40.1 Å². The lowest BCUT2D eigenvalue weighted by Gasteiger charge is -2.30. The zero-order valence-corrected chi connectivity index (χ0v) is 17.2. The minimum absolute atomic E-state index is 0.132. The van der Waals surface area contributed by atoms with Gasteiger partial charge in [0.1, 0.15) is 5.75 Å². The minimum atomic E-state index is -0.558. The molecule has 2 N–H and O–H groups in total. The van der Waals surface area contributed by atoms with Crippen LogP contribution < -0.4 is 5.43 Å². The third kappa shape index (κ3) is 5.85. The van der Waals surface area contributed by atoms with E-state index >= 15 is 0 Å². The summed E-state index contributed by atoms with van der Waals surface area (Å²) < 4.78 is 1.05. The number of nitrogens with one attached hydrogen (secondary N) is 1. The number of benzene rings is 2. The smallest absolute Gasteiger partial charge is 0.270 e. The number of hydrogen-bond acceptors (Lipinski definition) is 6. The predicted molar refractivity (Wildman–Crippen MR) is 113 cm³/mol. The number of amides is 1. The number of phenolic OH excluding ortho intramolecular Hbond substituents is 1. The number of carbonyl (C=O) groups excluding carboxylic acids is 1. The summed E-state index contributed by atoms with van der Waals surface area (Å²) in [7, 11) is 0. The molecule has 0 spiro atoms. The van der Waals surface area contributed by atoms with E-state index < -0.39 is 4.92 Å². The number of hydrogen-bond donors (Lipinski definition) is 2. The van der Waals surface area contributed by atoms with Crippen molar-refractivity contribution in [1.29, 1.82) is 0 Å². The van der Waals surface area contributed by atoms with Crippen LogP contribution >= 0.6 is 15.9 Å². The van der Waals surface area contributed by atoms with Gasteiger partial charge in [-0.2, -0.15) is 5.10 Å². The highest BCUT2D eigenvalue weighted by atomic mass is 79.9. The molecule has 1 heterocycles. The standard InChI is InChI=1S/C20H21BrN4O4/c21-17-3-1-14(2-4-17)13-24-9-7-15(8-10-24)20(27)23-22-12-16-11-18(25(28)29)5-6-19(16)26/h1-6,11-12,15,26H,7-10,13H2,(H,23,27)/b22-12+. The largest absolute Gasteiger partial charge is 0.507 e. The Morgan fingerprint density at radius 2 is 1.97 bits per heavy atom. The number of nitro groups is 1. The second-order valence-electron chi connectivity index (χ2n) is 6.91. The van der Waals surface area contributed by atoms with E-state index in [0.717, 1.165) is 36.9 Å². The molecule has 0 atom stereocenters. The third-order valence-electron chi connectivity index (χ3n) is 4.88. The molecule has 1 fully saturated rings. The van der Waals surface area contributed by atoms with Gasteiger partial charge in [0.15, 0.2) is 0 Å². The molecule has 29 heavy (non-hydrogen) atoms. The maximum atomic E-state index is 12.3. The van der Waals surface area contributed by atoms with Crippen molar-refractivity contribution in [3.63, 3.8) is 0 Å². The monoisotopic (exact) mass is 460 g/mol. The molecule has 0 aromatic heterocycles. The first-order valence-corrected chi connectivity index (χ1v) is 9.99. The molecule has 1 saturated heterocycles. The fourth-order valence-corrected chi connectivity index (χ4v) is 3.48. The molecule has 8 nitrogen and oxygen atoms in total.